The third-order valence-corrected chi connectivity index (χ3v) is 2.80. The van der Waals surface area contributed by atoms with Crippen LogP contribution < -0.4 is 0 Å². The summed E-state index contributed by atoms with van der Waals surface area (Å²) in [5, 5.41) is 18.2. The third kappa shape index (κ3) is 3.24. The minimum atomic E-state index is -0.157. The third-order valence-electron chi connectivity index (χ3n) is 2.80. The molecule has 1 N–H and O–H groups in total. The fourth-order valence-electron chi connectivity index (χ4n) is 1.67. The van der Waals surface area contributed by atoms with Crippen LogP contribution in [-0.2, 0) is 0 Å². The Bertz CT molecular complexity index is 475. The first-order valence-corrected chi connectivity index (χ1v) is 5.95. The van der Waals surface area contributed by atoms with Crippen LogP contribution in [0.5, 0.6) is 5.75 Å². The van der Waals surface area contributed by atoms with Crippen LogP contribution in [0.1, 0.15) is 36.2 Å². The molecule has 1 amide bonds. The smallest absolute Gasteiger partial charge is 0.254 e. The van der Waals surface area contributed by atoms with E-state index in [2.05, 4.69) is 0 Å². The summed E-state index contributed by atoms with van der Waals surface area (Å²) in [5.74, 6) is -0.0413. The molecule has 96 valence electrons. The maximum Gasteiger partial charge on any atom is 0.254 e. The average molecular weight is 246 g/mol. The van der Waals surface area contributed by atoms with Crippen molar-refractivity contribution < 1.29 is 9.90 Å². The summed E-state index contributed by atoms with van der Waals surface area (Å²) in [6, 6.07) is 6.94. The lowest BCUT2D eigenvalue weighted by Gasteiger charge is -2.26. The minimum Gasteiger partial charge on any atom is -0.508 e. The van der Waals surface area contributed by atoms with Crippen LogP contribution in [0.3, 0.4) is 0 Å². The molecule has 0 aliphatic carbocycles. The van der Waals surface area contributed by atoms with Gasteiger partial charge in [0.1, 0.15) is 5.75 Å². The van der Waals surface area contributed by atoms with Crippen molar-refractivity contribution in [1.29, 1.82) is 5.26 Å². The predicted molar refractivity (Wildman–Crippen MR) is 69.2 cm³/mol. The van der Waals surface area contributed by atoms with E-state index in [1.54, 1.807) is 24.0 Å². The van der Waals surface area contributed by atoms with Gasteiger partial charge in [0.05, 0.1) is 12.5 Å². The molecule has 1 rings (SSSR count). The summed E-state index contributed by atoms with van der Waals surface area (Å²) < 4.78 is 0. The summed E-state index contributed by atoms with van der Waals surface area (Å²) in [4.78, 5) is 13.9. The van der Waals surface area contributed by atoms with E-state index in [9.17, 15) is 9.90 Å². The van der Waals surface area contributed by atoms with Crippen LogP contribution in [-0.4, -0.2) is 28.5 Å². The Morgan fingerprint density at radius 2 is 2.17 bits per heavy atom. The molecule has 0 aliphatic rings. The molecule has 0 saturated carbocycles. The SMILES string of the molecule is Cc1ccc(C(=O)N(CCC#N)C(C)C)cc1O. The van der Waals surface area contributed by atoms with Crippen LogP contribution in [0.15, 0.2) is 18.2 Å². The highest BCUT2D eigenvalue weighted by molar-refractivity contribution is 5.94. The first-order chi connectivity index (χ1) is 8.47. The molecule has 0 unspecified atom stereocenters. The first kappa shape index (κ1) is 14.0. The summed E-state index contributed by atoms with van der Waals surface area (Å²) in [5.41, 5.74) is 1.18. The summed E-state index contributed by atoms with van der Waals surface area (Å²) >= 11 is 0. The predicted octanol–water partition coefficient (Wildman–Crippen LogP) is 2.46. The highest BCUT2D eigenvalue weighted by atomic mass is 16.3. The Hall–Kier alpha value is -2.02. The lowest BCUT2D eigenvalue weighted by molar-refractivity contribution is 0.0710. The van der Waals surface area contributed by atoms with Crippen molar-refractivity contribution in [1.82, 2.24) is 4.90 Å². The number of aromatic hydroxyl groups is 1. The Morgan fingerprint density at radius 1 is 1.50 bits per heavy atom. The van der Waals surface area contributed by atoms with Gasteiger partial charge in [-0.25, -0.2) is 0 Å². The van der Waals surface area contributed by atoms with Gasteiger partial charge in [-0.05, 0) is 38.5 Å². The molecule has 1 aromatic carbocycles. The van der Waals surface area contributed by atoms with Crippen molar-refractivity contribution in [3.63, 3.8) is 0 Å². The Labute approximate surface area is 107 Å². The number of carbonyl (C=O) groups is 1. The second kappa shape index (κ2) is 6.06. The number of amides is 1. The van der Waals surface area contributed by atoms with Gasteiger partial charge in [-0.2, -0.15) is 5.26 Å². The van der Waals surface area contributed by atoms with Crippen LogP contribution in [0, 0.1) is 18.3 Å². The molecule has 0 atom stereocenters. The number of nitriles is 1. The molecule has 18 heavy (non-hydrogen) atoms. The van der Waals surface area contributed by atoms with Gasteiger partial charge in [0.15, 0.2) is 0 Å². The molecule has 0 radical (unpaired) electrons. The number of benzene rings is 1. The van der Waals surface area contributed by atoms with E-state index in [1.165, 1.54) is 6.07 Å². The topological polar surface area (TPSA) is 64.3 Å². The van der Waals surface area contributed by atoms with Gasteiger partial charge in [0.25, 0.3) is 5.91 Å². The van der Waals surface area contributed by atoms with Crippen molar-refractivity contribution in [2.45, 2.75) is 33.2 Å². The largest absolute Gasteiger partial charge is 0.508 e. The summed E-state index contributed by atoms with van der Waals surface area (Å²) in [6.45, 7) is 5.99. The van der Waals surface area contributed by atoms with Gasteiger partial charge in [-0.1, -0.05) is 6.07 Å². The van der Waals surface area contributed by atoms with Crippen LogP contribution in [0.2, 0.25) is 0 Å². The van der Waals surface area contributed by atoms with E-state index in [1.807, 2.05) is 19.9 Å². The van der Waals surface area contributed by atoms with Crippen molar-refractivity contribution in [3.05, 3.63) is 29.3 Å². The standard InChI is InChI=1S/C14H18N2O2/c1-10(2)16(8-4-7-15)14(18)12-6-5-11(3)13(17)9-12/h5-6,9-10,17H,4,8H2,1-3H3. The number of carbonyl (C=O) groups excluding carboxylic acids is 1. The lowest BCUT2D eigenvalue weighted by Crippen LogP contribution is -2.37. The van der Waals surface area contributed by atoms with E-state index >= 15 is 0 Å². The van der Waals surface area contributed by atoms with Gasteiger partial charge in [-0.15, -0.1) is 0 Å². The number of hydrogen-bond acceptors (Lipinski definition) is 3. The van der Waals surface area contributed by atoms with Gasteiger partial charge in [-0.3, -0.25) is 4.79 Å². The number of aryl methyl sites for hydroxylation is 1. The van der Waals surface area contributed by atoms with Gasteiger partial charge >= 0.3 is 0 Å². The number of rotatable bonds is 4. The second-order valence-corrected chi connectivity index (χ2v) is 4.50. The normalized spacial score (nSPS) is 10.2. The molecule has 0 aliphatic heterocycles. The minimum absolute atomic E-state index is 0.0225. The van der Waals surface area contributed by atoms with E-state index < -0.39 is 0 Å². The molecule has 1 aromatic rings. The molecule has 0 bridgehead atoms. The number of phenolic OH excluding ortho intramolecular Hbond substituents is 1. The first-order valence-electron chi connectivity index (χ1n) is 5.95. The fraction of sp³-hybridized carbons (Fsp3) is 0.429. The van der Waals surface area contributed by atoms with Crippen molar-refractivity contribution in [2.75, 3.05) is 6.54 Å². The van der Waals surface area contributed by atoms with Crippen molar-refractivity contribution in [3.8, 4) is 11.8 Å². The lowest BCUT2D eigenvalue weighted by atomic mass is 10.1. The molecule has 0 aromatic heterocycles. The zero-order valence-electron chi connectivity index (χ0n) is 11.0. The maximum atomic E-state index is 12.3. The molecule has 4 nitrogen and oxygen atoms in total. The molecule has 0 fully saturated rings. The van der Waals surface area contributed by atoms with Crippen LogP contribution in [0.4, 0.5) is 0 Å². The highest BCUT2D eigenvalue weighted by Crippen LogP contribution is 2.19. The van der Waals surface area contributed by atoms with Crippen molar-refractivity contribution >= 4 is 5.91 Å². The summed E-state index contributed by atoms with van der Waals surface area (Å²) in [7, 11) is 0. The van der Waals surface area contributed by atoms with Gasteiger partial charge < -0.3 is 10.0 Å². The molecule has 0 spiro atoms. The van der Waals surface area contributed by atoms with E-state index in [0.717, 1.165) is 5.56 Å². The van der Waals surface area contributed by atoms with Crippen LogP contribution in [0.25, 0.3) is 0 Å². The molecular formula is C14H18N2O2. The molecule has 4 heteroatoms. The van der Waals surface area contributed by atoms with Crippen LogP contribution >= 0.6 is 0 Å². The quantitative estimate of drug-likeness (QED) is 0.887. The maximum absolute atomic E-state index is 12.3. The zero-order chi connectivity index (χ0) is 13.7. The molecule has 0 saturated heterocycles. The summed E-state index contributed by atoms with van der Waals surface area (Å²) in [6.07, 6.45) is 0.307. The highest BCUT2D eigenvalue weighted by Gasteiger charge is 2.18. The monoisotopic (exact) mass is 246 g/mol. The molecular weight excluding hydrogens is 228 g/mol. The number of phenols is 1. The Morgan fingerprint density at radius 3 is 2.67 bits per heavy atom. The number of hydrogen-bond donors (Lipinski definition) is 1. The van der Waals surface area contributed by atoms with Gasteiger partial charge in [0.2, 0.25) is 0 Å². The van der Waals surface area contributed by atoms with E-state index in [0.29, 0.717) is 18.5 Å². The van der Waals surface area contributed by atoms with E-state index in [-0.39, 0.29) is 17.7 Å². The second-order valence-electron chi connectivity index (χ2n) is 4.50. The number of nitrogens with zero attached hydrogens (tertiary/aromatic N) is 2. The fourth-order valence-corrected chi connectivity index (χ4v) is 1.67. The Balaban J connectivity index is 2.95. The molecule has 0 heterocycles. The van der Waals surface area contributed by atoms with Crippen molar-refractivity contribution in [2.24, 2.45) is 0 Å². The average Bonchev–Trinajstić information content (AvgIpc) is 2.32. The zero-order valence-corrected chi connectivity index (χ0v) is 11.0. The van der Waals surface area contributed by atoms with Gasteiger partial charge in [0, 0.05) is 18.2 Å². The van der Waals surface area contributed by atoms with E-state index in [4.69, 9.17) is 5.26 Å². The Kier molecular flexibility index (Phi) is 4.73.